The molecule has 1 atom stereocenters. The molecule has 0 amide bonds. The Labute approximate surface area is 82.8 Å². The van der Waals surface area contributed by atoms with E-state index in [0.29, 0.717) is 11.6 Å². The van der Waals surface area contributed by atoms with E-state index in [1.54, 1.807) is 6.07 Å². The smallest absolute Gasteiger partial charge is 0.335 e. The zero-order chi connectivity index (χ0) is 10.1. The van der Waals surface area contributed by atoms with E-state index in [9.17, 15) is 4.79 Å². The summed E-state index contributed by atoms with van der Waals surface area (Å²) >= 11 is 0. The van der Waals surface area contributed by atoms with Gasteiger partial charge in [0.1, 0.15) is 0 Å². The molecule has 1 fully saturated rings. The standard InChI is InChI=1S/C11H13NO2/c1-7-6-8(10-4-5-12-10)2-3-9(7)11(13)14/h2-3,6,10,12H,4-5H2,1H3,(H,13,14). The lowest BCUT2D eigenvalue weighted by molar-refractivity contribution is 0.0696. The van der Waals surface area contributed by atoms with Crippen LogP contribution < -0.4 is 5.32 Å². The Kier molecular flexibility index (Phi) is 2.25. The number of hydrogen-bond donors (Lipinski definition) is 2. The number of rotatable bonds is 2. The normalized spacial score (nSPS) is 20.2. The van der Waals surface area contributed by atoms with Crippen molar-refractivity contribution in [3.8, 4) is 0 Å². The molecule has 1 saturated heterocycles. The fraction of sp³-hybridized carbons (Fsp3) is 0.364. The van der Waals surface area contributed by atoms with Gasteiger partial charge < -0.3 is 10.4 Å². The quantitative estimate of drug-likeness (QED) is 0.748. The molecule has 1 aromatic rings. The summed E-state index contributed by atoms with van der Waals surface area (Å²) in [4.78, 5) is 10.8. The van der Waals surface area contributed by atoms with E-state index in [0.717, 1.165) is 18.5 Å². The molecule has 1 aliphatic rings. The molecule has 3 nitrogen and oxygen atoms in total. The van der Waals surface area contributed by atoms with Gasteiger partial charge in [0.2, 0.25) is 0 Å². The first kappa shape index (κ1) is 9.21. The molecular formula is C11H13NO2. The highest BCUT2D eigenvalue weighted by atomic mass is 16.4. The lowest BCUT2D eigenvalue weighted by Gasteiger charge is -2.28. The highest BCUT2D eigenvalue weighted by molar-refractivity contribution is 5.89. The minimum absolute atomic E-state index is 0.396. The van der Waals surface area contributed by atoms with E-state index in [2.05, 4.69) is 5.32 Å². The van der Waals surface area contributed by atoms with Crippen LogP contribution in [-0.4, -0.2) is 17.6 Å². The third-order valence-corrected chi connectivity index (χ3v) is 2.71. The molecule has 0 radical (unpaired) electrons. The molecule has 1 unspecified atom stereocenters. The predicted octanol–water partition coefficient (Wildman–Crippen LogP) is 1.73. The third kappa shape index (κ3) is 1.51. The van der Waals surface area contributed by atoms with Crippen molar-refractivity contribution in [2.45, 2.75) is 19.4 Å². The maximum absolute atomic E-state index is 10.8. The van der Waals surface area contributed by atoms with Crippen molar-refractivity contribution in [1.82, 2.24) is 5.32 Å². The summed E-state index contributed by atoms with van der Waals surface area (Å²) in [5, 5.41) is 12.1. The topological polar surface area (TPSA) is 49.3 Å². The molecule has 1 aromatic carbocycles. The van der Waals surface area contributed by atoms with Crippen LogP contribution in [0.25, 0.3) is 0 Å². The maximum atomic E-state index is 10.8. The molecule has 0 saturated carbocycles. The van der Waals surface area contributed by atoms with Crippen LogP contribution in [-0.2, 0) is 0 Å². The van der Waals surface area contributed by atoms with Crippen molar-refractivity contribution in [1.29, 1.82) is 0 Å². The Balaban J connectivity index is 2.30. The molecule has 0 aromatic heterocycles. The lowest BCUT2D eigenvalue weighted by atomic mass is 9.95. The van der Waals surface area contributed by atoms with Crippen LogP contribution >= 0.6 is 0 Å². The second kappa shape index (κ2) is 3.42. The fourth-order valence-corrected chi connectivity index (χ4v) is 1.72. The van der Waals surface area contributed by atoms with Crippen LogP contribution in [0, 0.1) is 6.92 Å². The Hall–Kier alpha value is -1.35. The van der Waals surface area contributed by atoms with Gasteiger partial charge in [-0.2, -0.15) is 0 Å². The molecule has 2 rings (SSSR count). The maximum Gasteiger partial charge on any atom is 0.335 e. The molecule has 0 aliphatic carbocycles. The van der Waals surface area contributed by atoms with Crippen LogP contribution in [0.5, 0.6) is 0 Å². The molecule has 74 valence electrons. The van der Waals surface area contributed by atoms with E-state index in [1.807, 2.05) is 19.1 Å². The van der Waals surface area contributed by atoms with Crippen molar-refractivity contribution < 1.29 is 9.90 Å². The zero-order valence-corrected chi connectivity index (χ0v) is 8.08. The van der Waals surface area contributed by atoms with Gasteiger partial charge >= 0.3 is 5.97 Å². The Morgan fingerprint density at radius 3 is 2.71 bits per heavy atom. The summed E-state index contributed by atoms with van der Waals surface area (Å²) in [7, 11) is 0. The molecule has 0 bridgehead atoms. The SMILES string of the molecule is Cc1cc(C2CCN2)ccc1C(=O)O. The predicted molar refractivity (Wildman–Crippen MR) is 53.5 cm³/mol. The Bertz CT molecular complexity index is 370. The van der Waals surface area contributed by atoms with Gasteiger partial charge in [0.15, 0.2) is 0 Å². The lowest BCUT2D eigenvalue weighted by Crippen LogP contribution is -2.34. The first-order valence-corrected chi connectivity index (χ1v) is 4.75. The van der Waals surface area contributed by atoms with Gasteiger partial charge in [-0.15, -0.1) is 0 Å². The van der Waals surface area contributed by atoms with Gasteiger partial charge in [0.05, 0.1) is 5.56 Å². The van der Waals surface area contributed by atoms with Gasteiger partial charge in [-0.25, -0.2) is 4.79 Å². The average Bonchev–Trinajstić information content (AvgIpc) is 2.00. The number of hydrogen-bond acceptors (Lipinski definition) is 2. The number of carbonyl (C=O) groups is 1. The minimum atomic E-state index is -0.851. The number of carboxylic acid groups (broad SMARTS) is 1. The first-order valence-electron chi connectivity index (χ1n) is 4.75. The van der Waals surface area contributed by atoms with E-state index >= 15 is 0 Å². The van der Waals surface area contributed by atoms with Crippen LogP contribution in [0.4, 0.5) is 0 Å². The molecule has 1 heterocycles. The van der Waals surface area contributed by atoms with Crippen molar-refractivity contribution >= 4 is 5.97 Å². The molecule has 2 N–H and O–H groups in total. The largest absolute Gasteiger partial charge is 0.478 e. The number of carboxylic acids is 1. The van der Waals surface area contributed by atoms with E-state index in [4.69, 9.17) is 5.11 Å². The Morgan fingerprint density at radius 1 is 1.57 bits per heavy atom. The number of nitrogens with one attached hydrogen (secondary N) is 1. The van der Waals surface area contributed by atoms with Crippen molar-refractivity contribution in [2.24, 2.45) is 0 Å². The third-order valence-electron chi connectivity index (χ3n) is 2.71. The van der Waals surface area contributed by atoms with Gasteiger partial charge in [-0.3, -0.25) is 0 Å². The highest BCUT2D eigenvalue weighted by Gasteiger charge is 2.19. The van der Waals surface area contributed by atoms with Crippen molar-refractivity contribution in [3.05, 3.63) is 34.9 Å². The second-order valence-electron chi connectivity index (χ2n) is 3.67. The monoisotopic (exact) mass is 191 g/mol. The Morgan fingerprint density at radius 2 is 2.29 bits per heavy atom. The minimum Gasteiger partial charge on any atom is -0.478 e. The van der Waals surface area contributed by atoms with Crippen LogP contribution in [0.2, 0.25) is 0 Å². The van der Waals surface area contributed by atoms with Gasteiger partial charge in [-0.1, -0.05) is 12.1 Å². The number of benzene rings is 1. The summed E-state index contributed by atoms with van der Waals surface area (Å²) in [6, 6.07) is 5.97. The summed E-state index contributed by atoms with van der Waals surface area (Å²) in [5.74, 6) is -0.851. The molecule has 14 heavy (non-hydrogen) atoms. The molecular weight excluding hydrogens is 178 g/mol. The van der Waals surface area contributed by atoms with Gasteiger partial charge in [0, 0.05) is 6.04 Å². The average molecular weight is 191 g/mol. The van der Waals surface area contributed by atoms with Gasteiger partial charge in [0.25, 0.3) is 0 Å². The number of aromatic carboxylic acids is 1. The fourth-order valence-electron chi connectivity index (χ4n) is 1.72. The first-order chi connectivity index (χ1) is 6.68. The van der Waals surface area contributed by atoms with Crippen LogP contribution in [0.3, 0.4) is 0 Å². The van der Waals surface area contributed by atoms with E-state index in [-0.39, 0.29) is 0 Å². The molecule has 1 aliphatic heterocycles. The summed E-state index contributed by atoms with van der Waals surface area (Å²) < 4.78 is 0. The van der Waals surface area contributed by atoms with Crippen LogP contribution in [0.15, 0.2) is 18.2 Å². The summed E-state index contributed by atoms with van der Waals surface area (Å²) in [5.41, 5.74) is 2.43. The van der Waals surface area contributed by atoms with Crippen LogP contribution in [0.1, 0.15) is 33.9 Å². The molecule has 3 heteroatoms. The van der Waals surface area contributed by atoms with Crippen molar-refractivity contribution in [3.63, 3.8) is 0 Å². The van der Waals surface area contributed by atoms with Crippen molar-refractivity contribution in [2.75, 3.05) is 6.54 Å². The number of aryl methyl sites for hydroxylation is 1. The molecule has 0 spiro atoms. The van der Waals surface area contributed by atoms with E-state index < -0.39 is 5.97 Å². The van der Waals surface area contributed by atoms with E-state index in [1.165, 1.54) is 5.56 Å². The van der Waals surface area contributed by atoms with Gasteiger partial charge in [-0.05, 0) is 37.1 Å². The zero-order valence-electron chi connectivity index (χ0n) is 8.08. The summed E-state index contributed by atoms with van der Waals surface area (Å²) in [6.45, 7) is 2.90. The highest BCUT2D eigenvalue weighted by Crippen LogP contribution is 2.24. The summed E-state index contributed by atoms with van der Waals surface area (Å²) in [6.07, 6.45) is 1.14. The second-order valence-corrected chi connectivity index (χ2v) is 3.67.